The smallest absolute Gasteiger partial charge is 0.0794 e. The average molecular weight is 262 g/mol. The molecule has 4 rings (SSSR count). The van der Waals surface area contributed by atoms with Crippen molar-refractivity contribution >= 4 is 11.3 Å². The summed E-state index contributed by atoms with van der Waals surface area (Å²) in [7, 11) is 0. The van der Waals surface area contributed by atoms with E-state index in [0.717, 1.165) is 42.7 Å². The second-order valence-electron chi connectivity index (χ2n) is 6.44. The summed E-state index contributed by atoms with van der Waals surface area (Å²) in [6.07, 6.45) is 8.67. The van der Waals surface area contributed by atoms with Crippen LogP contribution in [0.4, 0.5) is 0 Å². The van der Waals surface area contributed by atoms with Gasteiger partial charge >= 0.3 is 0 Å². The molecule has 3 aliphatic carbocycles. The fourth-order valence-corrected chi connectivity index (χ4v) is 5.64. The van der Waals surface area contributed by atoms with Crippen molar-refractivity contribution in [2.75, 3.05) is 6.54 Å². The Morgan fingerprint density at radius 2 is 2.17 bits per heavy atom. The molecule has 18 heavy (non-hydrogen) atoms. The molecular formula is C15H22N2S. The molecule has 5 atom stereocenters. The molecular weight excluding hydrogens is 240 g/mol. The van der Waals surface area contributed by atoms with E-state index in [-0.39, 0.29) is 0 Å². The first kappa shape index (κ1) is 11.4. The highest BCUT2D eigenvalue weighted by Gasteiger charge is 2.53. The normalized spacial score (nSPS) is 41.4. The van der Waals surface area contributed by atoms with Crippen LogP contribution in [0.1, 0.15) is 37.8 Å². The second-order valence-corrected chi connectivity index (χ2v) is 7.16. The monoisotopic (exact) mass is 262 g/mol. The van der Waals surface area contributed by atoms with Crippen LogP contribution in [0.15, 0.2) is 10.9 Å². The molecule has 1 aromatic heterocycles. The number of nitrogens with one attached hydrogen (secondary N) is 1. The molecule has 0 radical (unpaired) electrons. The van der Waals surface area contributed by atoms with Crippen LogP contribution in [-0.4, -0.2) is 17.6 Å². The maximum absolute atomic E-state index is 4.36. The van der Waals surface area contributed by atoms with Gasteiger partial charge in [-0.1, -0.05) is 6.42 Å². The maximum Gasteiger partial charge on any atom is 0.0794 e. The lowest BCUT2D eigenvalue weighted by atomic mass is 9.79. The van der Waals surface area contributed by atoms with Crippen molar-refractivity contribution in [1.29, 1.82) is 0 Å². The lowest BCUT2D eigenvalue weighted by molar-refractivity contribution is 0.209. The summed E-state index contributed by atoms with van der Waals surface area (Å²) in [5, 5.41) is 6.00. The van der Waals surface area contributed by atoms with Crippen LogP contribution in [-0.2, 0) is 6.42 Å². The van der Waals surface area contributed by atoms with Crippen LogP contribution < -0.4 is 5.32 Å². The predicted octanol–water partition coefficient (Wildman–Crippen LogP) is 3.10. The lowest BCUT2D eigenvalue weighted by Crippen LogP contribution is -2.40. The molecule has 3 aliphatic rings. The molecule has 2 nitrogen and oxygen atoms in total. The van der Waals surface area contributed by atoms with E-state index in [1.54, 1.807) is 11.3 Å². The second kappa shape index (κ2) is 4.61. The fourth-order valence-electron chi connectivity index (χ4n) is 5.05. The zero-order valence-electron chi connectivity index (χ0n) is 10.8. The molecule has 0 aromatic carbocycles. The van der Waals surface area contributed by atoms with Crippen LogP contribution >= 0.6 is 11.3 Å². The van der Waals surface area contributed by atoms with Crippen molar-refractivity contribution in [2.24, 2.45) is 23.7 Å². The van der Waals surface area contributed by atoms with Crippen molar-refractivity contribution in [1.82, 2.24) is 10.3 Å². The van der Waals surface area contributed by atoms with Gasteiger partial charge in [0.05, 0.1) is 11.2 Å². The number of nitrogens with zero attached hydrogens (tertiary/aromatic N) is 1. The zero-order chi connectivity index (χ0) is 11.9. The van der Waals surface area contributed by atoms with Crippen molar-refractivity contribution < 1.29 is 0 Å². The van der Waals surface area contributed by atoms with Crippen LogP contribution in [0, 0.1) is 23.7 Å². The summed E-state index contributed by atoms with van der Waals surface area (Å²) in [6, 6.07) is 0.827. The van der Waals surface area contributed by atoms with Gasteiger partial charge in [0.25, 0.3) is 0 Å². The van der Waals surface area contributed by atoms with Gasteiger partial charge in [-0.25, -0.2) is 4.98 Å². The van der Waals surface area contributed by atoms with E-state index in [0.29, 0.717) is 0 Å². The summed E-state index contributed by atoms with van der Waals surface area (Å²) >= 11 is 1.71. The van der Waals surface area contributed by atoms with E-state index in [1.807, 2.05) is 5.51 Å². The van der Waals surface area contributed by atoms with Gasteiger partial charge in [-0.2, -0.15) is 0 Å². The van der Waals surface area contributed by atoms with Gasteiger partial charge < -0.3 is 5.32 Å². The molecule has 0 spiro atoms. The zero-order valence-corrected chi connectivity index (χ0v) is 11.7. The number of rotatable bonds is 4. The van der Waals surface area contributed by atoms with Gasteiger partial charge in [0.15, 0.2) is 0 Å². The van der Waals surface area contributed by atoms with Crippen LogP contribution in [0.5, 0.6) is 0 Å². The Hall–Kier alpha value is -0.410. The minimum absolute atomic E-state index is 0.827. The highest BCUT2D eigenvalue weighted by Crippen LogP contribution is 2.58. The molecule has 5 unspecified atom stereocenters. The third-order valence-corrected chi connectivity index (χ3v) is 6.34. The summed E-state index contributed by atoms with van der Waals surface area (Å²) in [5.74, 6) is 4.28. The third kappa shape index (κ3) is 1.83. The molecule has 3 heteroatoms. The highest BCUT2D eigenvalue weighted by molar-refractivity contribution is 7.07. The Morgan fingerprint density at radius 3 is 3.06 bits per heavy atom. The Kier molecular flexibility index (Phi) is 2.92. The molecule has 1 heterocycles. The Morgan fingerprint density at radius 1 is 1.22 bits per heavy atom. The van der Waals surface area contributed by atoms with Gasteiger partial charge in [0, 0.05) is 24.4 Å². The minimum atomic E-state index is 0.827. The van der Waals surface area contributed by atoms with E-state index in [2.05, 4.69) is 15.7 Å². The topological polar surface area (TPSA) is 24.9 Å². The summed E-state index contributed by atoms with van der Waals surface area (Å²) in [6.45, 7) is 1.12. The lowest BCUT2D eigenvalue weighted by Gasteiger charge is -2.32. The standard InChI is InChI=1S/C15H22N2S/c1-2-12-10-6-14(13(12)3-1)15(7-10)16-5-4-11-8-18-9-17-11/h8-10,12-16H,1-7H2. The maximum atomic E-state index is 4.36. The Balaban J connectivity index is 1.32. The summed E-state index contributed by atoms with van der Waals surface area (Å²) in [4.78, 5) is 4.36. The van der Waals surface area contributed by atoms with E-state index >= 15 is 0 Å². The Bertz CT molecular complexity index is 403. The first-order chi connectivity index (χ1) is 8.92. The largest absolute Gasteiger partial charge is 0.313 e. The number of thiazole rings is 1. The van der Waals surface area contributed by atoms with Gasteiger partial charge in [0.2, 0.25) is 0 Å². The van der Waals surface area contributed by atoms with Gasteiger partial charge in [0.1, 0.15) is 0 Å². The van der Waals surface area contributed by atoms with Gasteiger partial charge in [-0.05, 0) is 49.4 Å². The minimum Gasteiger partial charge on any atom is -0.313 e. The molecule has 3 fully saturated rings. The first-order valence-corrected chi connectivity index (χ1v) is 8.46. The first-order valence-electron chi connectivity index (χ1n) is 7.52. The summed E-state index contributed by atoms with van der Waals surface area (Å²) < 4.78 is 0. The number of hydrogen-bond donors (Lipinski definition) is 1. The summed E-state index contributed by atoms with van der Waals surface area (Å²) in [5.41, 5.74) is 3.20. The molecule has 2 bridgehead atoms. The van der Waals surface area contributed by atoms with Crippen molar-refractivity contribution in [2.45, 2.75) is 44.6 Å². The van der Waals surface area contributed by atoms with Crippen LogP contribution in [0.2, 0.25) is 0 Å². The molecule has 0 aliphatic heterocycles. The van der Waals surface area contributed by atoms with Crippen LogP contribution in [0.25, 0.3) is 0 Å². The molecule has 0 saturated heterocycles. The van der Waals surface area contributed by atoms with Crippen molar-refractivity contribution in [3.05, 3.63) is 16.6 Å². The SMILES string of the molecule is c1nc(CCNC2CC3CC2C2CCCC32)cs1. The third-order valence-electron chi connectivity index (χ3n) is 5.70. The number of hydrogen-bond acceptors (Lipinski definition) is 3. The average Bonchev–Trinajstić information content (AvgIpc) is 3.12. The predicted molar refractivity (Wildman–Crippen MR) is 74.7 cm³/mol. The van der Waals surface area contributed by atoms with Crippen LogP contribution in [0.3, 0.4) is 0 Å². The van der Waals surface area contributed by atoms with E-state index in [4.69, 9.17) is 0 Å². The fraction of sp³-hybridized carbons (Fsp3) is 0.800. The molecule has 3 saturated carbocycles. The van der Waals surface area contributed by atoms with Crippen molar-refractivity contribution in [3.63, 3.8) is 0 Å². The van der Waals surface area contributed by atoms with Crippen molar-refractivity contribution in [3.8, 4) is 0 Å². The number of fused-ring (bicyclic) bond motifs is 5. The quantitative estimate of drug-likeness (QED) is 0.902. The Labute approximate surface area is 113 Å². The number of aromatic nitrogens is 1. The van der Waals surface area contributed by atoms with E-state index in [9.17, 15) is 0 Å². The van der Waals surface area contributed by atoms with E-state index < -0.39 is 0 Å². The van der Waals surface area contributed by atoms with E-state index in [1.165, 1.54) is 37.8 Å². The molecule has 98 valence electrons. The molecule has 1 aromatic rings. The highest BCUT2D eigenvalue weighted by atomic mass is 32.1. The van der Waals surface area contributed by atoms with Gasteiger partial charge in [-0.3, -0.25) is 0 Å². The van der Waals surface area contributed by atoms with Gasteiger partial charge in [-0.15, -0.1) is 11.3 Å². The molecule has 0 amide bonds. The molecule has 1 N–H and O–H groups in total.